The van der Waals surface area contributed by atoms with Crippen molar-refractivity contribution in [2.45, 2.75) is 25.4 Å². The third-order valence-electron chi connectivity index (χ3n) is 4.06. The number of hydrogen-bond donors (Lipinski definition) is 1. The van der Waals surface area contributed by atoms with Crippen LogP contribution in [0.3, 0.4) is 0 Å². The Balaban J connectivity index is 1.78. The molecule has 0 unspecified atom stereocenters. The first kappa shape index (κ1) is 12.6. The molecule has 3 heterocycles. The first-order chi connectivity index (χ1) is 10.3. The minimum atomic E-state index is 0.233. The third kappa shape index (κ3) is 2.14. The maximum Gasteiger partial charge on any atom is 0.222 e. The van der Waals surface area contributed by atoms with Crippen molar-refractivity contribution in [1.82, 2.24) is 14.8 Å². The van der Waals surface area contributed by atoms with Crippen LogP contribution in [0.1, 0.15) is 34.5 Å². The van der Waals surface area contributed by atoms with Crippen LogP contribution < -0.4 is 5.32 Å². The highest BCUT2D eigenvalue weighted by atomic mass is 32.1. The highest BCUT2D eigenvalue weighted by molar-refractivity contribution is 7.10. The molecule has 4 rings (SSSR count). The van der Waals surface area contributed by atoms with E-state index >= 15 is 0 Å². The van der Waals surface area contributed by atoms with Gasteiger partial charge in [-0.15, -0.1) is 11.3 Å². The van der Waals surface area contributed by atoms with Gasteiger partial charge < -0.3 is 5.32 Å². The van der Waals surface area contributed by atoms with Crippen molar-refractivity contribution in [1.29, 1.82) is 0 Å². The van der Waals surface area contributed by atoms with Crippen molar-refractivity contribution in [2.75, 3.05) is 5.32 Å². The number of thiophene rings is 1. The number of rotatable bonds is 2. The third-order valence-corrected chi connectivity index (χ3v) is 5.05. The zero-order valence-electron chi connectivity index (χ0n) is 11.7. The summed E-state index contributed by atoms with van der Waals surface area (Å²) in [6, 6.07) is 13.4. The van der Waals surface area contributed by atoms with Gasteiger partial charge in [0.25, 0.3) is 0 Å². The fraction of sp³-hybridized carbons (Fsp3) is 0.250. The van der Waals surface area contributed by atoms with E-state index in [1.165, 1.54) is 16.0 Å². The molecule has 1 aromatic carbocycles. The predicted molar refractivity (Wildman–Crippen MR) is 84.6 cm³/mol. The first-order valence-corrected chi connectivity index (χ1v) is 7.96. The van der Waals surface area contributed by atoms with Crippen LogP contribution in [-0.4, -0.2) is 14.8 Å². The molecule has 1 aliphatic heterocycles. The van der Waals surface area contributed by atoms with Gasteiger partial charge in [0.1, 0.15) is 6.33 Å². The van der Waals surface area contributed by atoms with Crippen LogP contribution in [0.2, 0.25) is 0 Å². The molecule has 0 bridgehead atoms. The summed E-state index contributed by atoms with van der Waals surface area (Å²) in [6.45, 7) is 2.16. The van der Waals surface area contributed by atoms with Gasteiger partial charge in [0, 0.05) is 4.88 Å². The molecule has 2 aromatic heterocycles. The van der Waals surface area contributed by atoms with Gasteiger partial charge >= 0.3 is 0 Å². The minimum absolute atomic E-state index is 0.233. The molecular formula is C16H16N4S. The van der Waals surface area contributed by atoms with E-state index in [1.54, 1.807) is 17.7 Å². The van der Waals surface area contributed by atoms with E-state index < -0.39 is 0 Å². The van der Waals surface area contributed by atoms with Gasteiger partial charge in [-0.2, -0.15) is 10.1 Å². The quantitative estimate of drug-likeness (QED) is 0.782. The molecule has 1 aliphatic rings. The topological polar surface area (TPSA) is 42.7 Å². The Hall–Kier alpha value is -2.14. The molecule has 0 amide bonds. The highest BCUT2D eigenvalue weighted by Crippen LogP contribution is 2.39. The molecule has 5 heteroatoms. The Labute approximate surface area is 127 Å². The monoisotopic (exact) mass is 296 g/mol. The van der Waals surface area contributed by atoms with Crippen molar-refractivity contribution >= 4 is 17.3 Å². The van der Waals surface area contributed by atoms with Crippen LogP contribution in [0.15, 0.2) is 48.1 Å². The fourth-order valence-electron chi connectivity index (χ4n) is 3.02. The Morgan fingerprint density at radius 2 is 2.14 bits per heavy atom. The van der Waals surface area contributed by atoms with Crippen LogP contribution >= 0.6 is 11.3 Å². The van der Waals surface area contributed by atoms with Gasteiger partial charge in [-0.1, -0.05) is 30.3 Å². The Morgan fingerprint density at radius 3 is 2.95 bits per heavy atom. The average molecular weight is 296 g/mol. The molecule has 0 aliphatic carbocycles. The van der Waals surface area contributed by atoms with Crippen LogP contribution in [0.4, 0.5) is 5.95 Å². The van der Waals surface area contributed by atoms with E-state index in [9.17, 15) is 0 Å². The van der Waals surface area contributed by atoms with Crippen molar-refractivity contribution in [2.24, 2.45) is 0 Å². The fourth-order valence-corrected chi connectivity index (χ4v) is 3.81. The number of anilines is 1. The molecule has 1 N–H and O–H groups in total. The number of benzene rings is 1. The summed E-state index contributed by atoms with van der Waals surface area (Å²) in [5.41, 5.74) is 2.63. The molecule has 0 spiro atoms. The summed E-state index contributed by atoms with van der Waals surface area (Å²) in [7, 11) is 0. The smallest absolute Gasteiger partial charge is 0.222 e. The molecule has 2 atom stereocenters. The number of nitrogens with zero attached hydrogens (tertiary/aromatic N) is 3. The molecule has 21 heavy (non-hydrogen) atoms. The number of nitrogens with one attached hydrogen (secondary N) is 1. The van der Waals surface area contributed by atoms with Crippen molar-refractivity contribution in [3.05, 3.63) is 64.1 Å². The number of aromatic nitrogens is 3. The molecule has 0 radical (unpaired) electrons. The Kier molecular flexibility index (Phi) is 3.00. The molecule has 0 saturated carbocycles. The van der Waals surface area contributed by atoms with Gasteiger partial charge in [0.15, 0.2) is 0 Å². The lowest BCUT2D eigenvalue weighted by molar-refractivity contribution is 0.432. The second kappa shape index (κ2) is 5.00. The maximum absolute atomic E-state index is 4.42. The van der Waals surface area contributed by atoms with Crippen LogP contribution in [-0.2, 0) is 0 Å². The van der Waals surface area contributed by atoms with E-state index in [0.29, 0.717) is 6.04 Å². The molecule has 3 aromatic rings. The van der Waals surface area contributed by atoms with Gasteiger partial charge in [0.05, 0.1) is 12.1 Å². The second-order valence-electron chi connectivity index (χ2n) is 5.35. The number of aryl methyl sites for hydroxylation is 1. The SMILES string of the molecule is Cc1ccccc1[C@H]1C[C@H](c2cccs2)Nc2ncnn21. The van der Waals surface area contributed by atoms with Gasteiger partial charge in [-0.25, -0.2) is 4.68 Å². The summed E-state index contributed by atoms with van der Waals surface area (Å²) < 4.78 is 2.01. The summed E-state index contributed by atoms with van der Waals surface area (Å²) in [6.07, 6.45) is 2.62. The molecule has 0 saturated heterocycles. The number of fused-ring (bicyclic) bond motifs is 1. The largest absolute Gasteiger partial charge is 0.347 e. The zero-order valence-corrected chi connectivity index (χ0v) is 12.5. The van der Waals surface area contributed by atoms with Crippen molar-refractivity contribution in [3.8, 4) is 0 Å². The average Bonchev–Trinajstić information content (AvgIpc) is 3.18. The van der Waals surface area contributed by atoms with Crippen LogP contribution in [0, 0.1) is 6.92 Å². The summed E-state index contributed by atoms with van der Waals surface area (Å²) >= 11 is 1.79. The lowest BCUT2D eigenvalue weighted by Gasteiger charge is -2.31. The Morgan fingerprint density at radius 1 is 1.24 bits per heavy atom. The second-order valence-corrected chi connectivity index (χ2v) is 6.33. The minimum Gasteiger partial charge on any atom is -0.347 e. The zero-order chi connectivity index (χ0) is 14.2. The Bertz CT molecular complexity index is 747. The molecule has 4 nitrogen and oxygen atoms in total. The van der Waals surface area contributed by atoms with Gasteiger partial charge in [-0.05, 0) is 35.9 Å². The lowest BCUT2D eigenvalue weighted by atomic mass is 9.94. The van der Waals surface area contributed by atoms with E-state index in [4.69, 9.17) is 0 Å². The van der Waals surface area contributed by atoms with Crippen LogP contribution in [0.5, 0.6) is 0 Å². The van der Waals surface area contributed by atoms with E-state index in [2.05, 4.69) is 64.1 Å². The summed E-state index contributed by atoms with van der Waals surface area (Å²) in [4.78, 5) is 5.72. The maximum atomic E-state index is 4.42. The van der Waals surface area contributed by atoms with Crippen molar-refractivity contribution < 1.29 is 0 Å². The predicted octanol–water partition coefficient (Wildman–Crippen LogP) is 3.79. The summed E-state index contributed by atoms with van der Waals surface area (Å²) in [5, 5.41) is 10.0. The normalized spacial score (nSPS) is 20.8. The summed E-state index contributed by atoms with van der Waals surface area (Å²) in [5.74, 6) is 0.855. The van der Waals surface area contributed by atoms with E-state index in [-0.39, 0.29) is 6.04 Å². The molecular weight excluding hydrogens is 280 g/mol. The van der Waals surface area contributed by atoms with E-state index in [1.807, 2.05) is 4.68 Å². The standard InChI is InChI=1S/C16H16N4S/c1-11-5-2-3-6-12(11)14-9-13(15-7-4-8-21-15)19-16-17-10-18-20(14)16/h2-8,10,13-14H,9H2,1H3,(H,17,18,19)/t13-,14-/m1/s1. The van der Waals surface area contributed by atoms with Crippen molar-refractivity contribution in [3.63, 3.8) is 0 Å². The number of hydrogen-bond acceptors (Lipinski definition) is 4. The van der Waals surface area contributed by atoms with Gasteiger partial charge in [0.2, 0.25) is 5.95 Å². The van der Waals surface area contributed by atoms with Gasteiger partial charge in [-0.3, -0.25) is 0 Å². The molecule has 106 valence electrons. The highest BCUT2D eigenvalue weighted by Gasteiger charge is 2.30. The van der Waals surface area contributed by atoms with E-state index in [0.717, 1.165) is 12.4 Å². The first-order valence-electron chi connectivity index (χ1n) is 7.08. The molecule has 0 fully saturated rings. The van der Waals surface area contributed by atoms with Crippen LogP contribution in [0.25, 0.3) is 0 Å². The lowest BCUT2D eigenvalue weighted by Crippen LogP contribution is -2.28.